The number of rotatable bonds is 6. The molecule has 0 atom stereocenters. The number of carbonyl (C=O) groups is 1. The Morgan fingerprint density at radius 2 is 1.83 bits per heavy atom. The Kier molecular flexibility index (Phi) is 6.26. The van der Waals surface area contributed by atoms with E-state index in [-0.39, 0.29) is 0 Å². The van der Waals surface area contributed by atoms with E-state index in [1.54, 1.807) is 6.92 Å². The van der Waals surface area contributed by atoms with Crippen molar-refractivity contribution in [2.45, 2.75) is 46.5 Å². The predicted octanol–water partition coefficient (Wildman–Crippen LogP) is 4.13. The smallest absolute Gasteiger partial charge is 0.434 e. The fourth-order valence-corrected chi connectivity index (χ4v) is 1.98. The zero-order chi connectivity index (χ0) is 13.4. The van der Waals surface area contributed by atoms with Gasteiger partial charge in [-0.05, 0) is 37.0 Å². The summed E-state index contributed by atoms with van der Waals surface area (Å²) < 4.78 is 10.1. The lowest BCUT2D eigenvalue weighted by molar-refractivity contribution is 0.104. The van der Waals surface area contributed by atoms with E-state index < -0.39 is 6.16 Å². The van der Waals surface area contributed by atoms with Gasteiger partial charge in [-0.15, -0.1) is 0 Å². The Morgan fingerprint density at radius 1 is 1.11 bits per heavy atom. The minimum Gasteiger partial charge on any atom is -0.434 e. The molecule has 1 aromatic carbocycles. The van der Waals surface area contributed by atoms with Gasteiger partial charge in [0.25, 0.3) is 0 Å². The molecule has 3 nitrogen and oxygen atoms in total. The van der Waals surface area contributed by atoms with Crippen LogP contribution in [0.3, 0.4) is 0 Å². The van der Waals surface area contributed by atoms with Crippen LogP contribution in [-0.2, 0) is 17.6 Å². The molecule has 0 fully saturated rings. The highest BCUT2D eigenvalue weighted by Crippen LogP contribution is 2.25. The minimum atomic E-state index is -0.622. The van der Waals surface area contributed by atoms with E-state index in [4.69, 9.17) is 9.47 Å². The van der Waals surface area contributed by atoms with E-state index in [9.17, 15) is 4.79 Å². The van der Waals surface area contributed by atoms with Crippen LogP contribution in [0.1, 0.15) is 44.7 Å². The summed E-state index contributed by atoms with van der Waals surface area (Å²) >= 11 is 0. The first-order valence-corrected chi connectivity index (χ1v) is 6.68. The van der Waals surface area contributed by atoms with Crippen molar-refractivity contribution in [1.82, 2.24) is 0 Å². The number of ether oxygens (including phenoxy) is 2. The molecule has 3 heteroatoms. The molecule has 1 rings (SSSR count). The molecule has 0 heterocycles. The lowest BCUT2D eigenvalue weighted by atomic mass is 9.99. The molecule has 0 aliphatic heterocycles. The maximum Gasteiger partial charge on any atom is 0.513 e. The van der Waals surface area contributed by atoms with Gasteiger partial charge in [0.15, 0.2) is 0 Å². The van der Waals surface area contributed by atoms with Gasteiger partial charge < -0.3 is 9.47 Å². The second-order valence-corrected chi connectivity index (χ2v) is 4.18. The number of hydrogen-bond acceptors (Lipinski definition) is 3. The second-order valence-electron chi connectivity index (χ2n) is 4.18. The molecule has 0 bridgehead atoms. The van der Waals surface area contributed by atoms with Crippen molar-refractivity contribution in [3.63, 3.8) is 0 Å². The van der Waals surface area contributed by atoms with Gasteiger partial charge in [-0.3, -0.25) is 0 Å². The zero-order valence-corrected chi connectivity index (χ0v) is 11.5. The molecule has 0 aliphatic carbocycles. The molecule has 0 spiro atoms. The second kappa shape index (κ2) is 7.75. The largest absolute Gasteiger partial charge is 0.513 e. The van der Waals surface area contributed by atoms with Crippen molar-refractivity contribution < 1.29 is 14.3 Å². The Balaban J connectivity index is 2.94. The van der Waals surface area contributed by atoms with Crippen molar-refractivity contribution in [1.29, 1.82) is 0 Å². The molecule has 100 valence electrons. The fourth-order valence-electron chi connectivity index (χ4n) is 1.98. The standard InChI is InChI=1S/C15H22O3/c1-4-8-12-10-7-11-14(13(12)9-5-2)18-15(16)17-6-3/h7,10-11H,4-6,8-9H2,1-3H3. The Labute approximate surface area is 109 Å². The summed E-state index contributed by atoms with van der Waals surface area (Å²) in [7, 11) is 0. The highest BCUT2D eigenvalue weighted by molar-refractivity contribution is 5.64. The van der Waals surface area contributed by atoms with Gasteiger partial charge >= 0.3 is 6.16 Å². The molecular formula is C15H22O3. The highest BCUT2D eigenvalue weighted by Gasteiger charge is 2.12. The summed E-state index contributed by atoms with van der Waals surface area (Å²) in [5.74, 6) is 0.640. The van der Waals surface area contributed by atoms with E-state index in [0.717, 1.165) is 31.2 Å². The average Bonchev–Trinajstić information content (AvgIpc) is 2.34. The van der Waals surface area contributed by atoms with Gasteiger partial charge in [-0.1, -0.05) is 38.8 Å². The molecule has 18 heavy (non-hydrogen) atoms. The Hall–Kier alpha value is -1.51. The van der Waals surface area contributed by atoms with Crippen LogP contribution in [0.25, 0.3) is 0 Å². The lowest BCUT2D eigenvalue weighted by Crippen LogP contribution is -2.12. The van der Waals surface area contributed by atoms with E-state index in [1.807, 2.05) is 12.1 Å². The van der Waals surface area contributed by atoms with Crippen LogP contribution in [0.4, 0.5) is 4.79 Å². The van der Waals surface area contributed by atoms with E-state index in [1.165, 1.54) is 5.56 Å². The number of benzene rings is 1. The third-order valence-corrected chi connectivity index (χ3v) is 2.70. The molecule has 1 aromatic rings. The van der Waals surface area contributed by atoms with Gasteiger partial charge in [-0.25, -0.2) is 4.79 Å². The molecule has 0 N–H and O–H groups in total. The van der Waals surface area contributed by atoms with Crippen LogP contribution in [0.15, 0.2) is 18.2 Å². The SMILES string of the molecule is CCCc1cccc(OC(=O)OCC)c1CCC. The maximum absolute atomic E-state index is 11.4. The van der Waals surface area contributed by atoms with Crippen LogP contribution in [0.5, 0.6) is 5.75 Å². The van der Waals surface area contributed by atoms with Crippen molar-refractivity contribution >= 4 is 6.16 Å². The Bertz CT molecular complexity index is 385. The van der Waals surface area contributed by atoms with Gasteiger partial charge in [-0.2, -0.15) is 0 Å². The first kappa shape index (κ1) is 14.6. The van der Waals surface area contributed by atoms with Gasteiger partial charge in [0, 0.05) is 0 Å². The molecular weight excluding hydrogens is 228 g/mol. The fraction of sp³-hybridized carbons (Fsp3) is 0.533. The highest BCUT2D eigenvalue weighted by atomic mass is 16.7. The molecule has 0 unspecified atom stereocenters. The van der Waals surface area contributed by atoms with Crippen LogP contribution in [0.2, 0.25) is 0 Å². The van der Waals surface area contributed by atoms with Gasteiger partial charge in [0.2, 0.25) is 0 Å². The predicted molar refractivity (Wildman–Crippen MR) is 72.1 cm³/mol. The summed E-state index contributed by atoms with van der Waals surface area (Å²) in [4.78, 5) is 11.4. The minimum absolute atomic E-state index is 0.330. The maximum atomic E-state index is 11.4. The number of carbonyl (C=O) groups excluding carboxylic acids is 1. The molecule has 0 saturated heterocycles. The van der Waals surface area contributed by atoms with Gasteiger partial charge in [0.1, 0.15) is 5.75 Å². The number of hydrogen-bond donors (Lipinski definition) is 0. The monoisotopic (exact) mass is 250 g/mol. The summed E-state index contributed by atoms with van der Waals surface area (Å²) in [6, 6.07) is 5.87. The normalized spacial score (nSPS) is 10.2. The quantitative estimate of drug-likeness (QED) is 0.562. The molecule has 0 aliphatic rings. The molecule has 0 radical (unpaired) electrons. The number of aryl methyl sites for hydroxylation is 1. The van der Waals surface area contributed by atoms with Crippen LogP contribution in [-0.4, -0.2) is 12.8 Å². The van der Waals surface area contributed by atoms with Crippen molar-refractivity contribution in [3.8, 4) is 5.75 Å². The van der Waals surface area contributed by atoms with Crippen molar-refractivity contribution in [3.05, 3.63) is 29.3 Å². The first-order chi connectivity index (χ1) is 8.72. The molecule has 0 amide bonds. The zero-order valence-electron chi connectivity index (χ0n) is 11.5. The van der Waals surface area contributed by atoms with Crippen LogP contribution in [0, 0.1) is 0 Å². The van der Waals surface area contributed by atoms with E-state index >= 15 is 0 Å². The third kappa shape index (κ3) is 4.06. The van der Waals surface area contributed by atoms with Crippen molar-refractivity contribution in [2.24, 2.45) is 0 Å². The summed E-state index contributed by atoms with van der Waals surface area (Å²) in [5, 5.41) is 0. The average molecular weight is 250 g/mol. The van der Waals surface area contributed by atoms with Gasteiger partial charge in [0.05, 0.1) is 6.61 Å². The lowest BCUT2D eigenvalue weighted by Gasteiger charge is -2.13. The summed E-state index contributed by atoms with van der Waals surface area (Å²) in [5.41, 5.74) is 2.40. The van der Waals surface area contributed by atoms with Crippen molar-refractivity contribution in [2.75, 3.05) is 6.61 Å². The third-order valence-electron chi connectivity index (χ3n) is 2.70. The Morgan fingerprint density at radius 3 is 2.44 bits per heavy atom. The summed E-state index contributed by atoms with van der Waals surface area (Å²) in [6.07, 6.45) is 3.42. The summed E-state index contributed by atoms with van der Waals surface area (Å²) in [6.45, 7) is 6.36. The first-order valence-electron chi connectivity index (χ1n) is 6.68. The molecule has 0 aromatic heterocycles. The van der Waals surface area contributed by atoms with Crippen LogP contribution >= 0.6 is 0 Å². The van der Waals surface area contributed by atoms with E-state index in [2.05, 4.69) is 19.9 Å². The van der Waals surface area contributed by atoms with Crippen LogP contribution < -0.4 is 4.74 Å². The topological polar surface area (TPSA) is 35.5 Å². The molecule has 0 saturated carbocycles. The van der Waals surface area contributed by atoms with E-state index in [0.29, 0.717) is 12.4 Å².